The summed E-state index contributed by atoms with van der Waals surface area (Å²) in [5.41, 5.74) is -0.112. The molecule has 0 atom stereocenters. The molecule has 7 heteroatoms. The van der Waals surface area contributed by atoms with Crippen LogP contribution in [0.1, 0.15) is 6.99 Å². The first kappa shape index (κ1) is 16.0. The molecule has 0 fully saturated rings. The fourth-order valence-electron chi connectivity index (χ4n) is 1.09. The van der Waals surface area contributed by atoms with Crippen molar-refractivity contribution in [1.29, 1.82) is 5.26 Å². The molecule has 82 valence electrons. The van der Waals surface area contributed by atoms with Gasteiger partial charge in [-0.1, -0.05) is 12.1 Å². The van der Waals surface area contributed by atoms with E-state index in [0.29, 0.717) is 6.08 Å². The summed E-state index contributed by atoms with van der Waals surface area (Å²) in [5, 5.41) is 27.7. The zero-order valence-corrected chi connectivity index (χ0v) is 12.1. The first-order chi connectivity index (χ1) is 7.54. The summed E-state index contributed by atoms with van der Waals surface area (Å²) >= 11 is 0. The van der Waals surface area contributed by atoms with Crippen LogP contribution in [0.15, 0.2) is 30.3 Å². The number of allylic oxidation sites excluding steroid dienone is 1. The Labute approximate surface area is 141 Å². The Kier molecular flexibility index (Phi) is 6.87. The minimum Gasteiger partial charge on any atom is -1.00 e. The first-order valence-electron chi connectivity index (χ1n) is 4.14. The van der Waals surface area contributed by atoms with Gasteiger partial charge < -0.3 is 6.53 Å². The molecule has 17 heavy (non-hydrogen) atoms. The van der Waals surface area contributed by atoms with Crippen LogP contribution in [0.25, 0.3) is 5.57 Å². The Hall–Kier alpha value is -1.04. The maximum Gasteiger partial charge on any atom is 1.00 e. The quantitative estimate of drug-likeness (QED) is 0.239. The van der Waals surface area contributed by atoms with Crippen LogP contribution in [0.4, 0.5) is 5.69 Å². The molecule has 0 spiro atoms. The second-order valence-corrected chi connectivity index (χ2v) is 2.82. The van der Waals surface area contributed by atoms with Crippen molar-refractivity contribution in [3.05, 3.63) is 46.0 Å². The normalized spacial score (nSPS) is 9.94. The summed E-state index contributed by atoms with van der Waals surface area (Å²) in [6.45, 7) is 0. The molecule has 0 aliphatic rings. The van der Waals surface area contributed by atoms with Gasteiger partial charge in [0, 0.05) is 18.2 Å². The third-order valence-corrected chi connectivity index (χ3v) is 1.76. The molecule has 0 amide bonds. The SMILES string of the molecule is N#C/C(=C/C(=O)O)c1cccc([N+](=O)[O-])c1.[H-].[K+]. The van der Waals surface area contributed by atoms with E-state index < -0.39 is 10.9 Å². The molecular weight excluding hydrogens is 251 g/mol. The van der Waals surface area contributed by atoms with Crippen molar-refractivity contribution in [2.24, 2.45) is 0 Å². The summed E-state index contributed by atoms with van der Waals surface area (Å²) in [4.78, 5) is 20.3. The summed E-state index contributed by atoms with van der Waals surface area (Å²) < 4.78 is 0. The molecule has 1 N–H and O–H groups in total. The molecule has 1 aromatic carbocycles. The topological polar surface area (TPSA) is 104 Å². The van der Waals surface area contributed by atoms with Crippen LogP contribution in [0.5, 0.6) is 0 Å². The Morgan fingerprint density at radius 3 is 2.71 bits per heavy atom. The Bertz CT molecular complexity index is 525. The molecule has 0 bridgehead atoms. The van der Waals surface area contributed by atoms with Crippen LogP contribution in [-0.4, -0.2) is 16.0 Å². The van der Waals surface area contributed by atoms with Gasteiger partial charge in [-0.15, -0.1) is 0 Å². The van der Waals surface area contributed by atoms with Crippen molar-refractivity contribution in [1.82, 2.24) is 0 Å². The molecule has 1 rings (SSSR count). The number of non-ortho nitro benzene ring substituents is 1. The van der Waals surface area contributed by atoms with E-state index in [0.717, 1.165) is 6.07 Å². The van der Waals surface area contributed by atoms with Gasteiger partial charge in [-0.2, -0.15) is 5.26 Å². The van der Waals surface area contributed by atoms with Gasteiger partial charge in [0.05, 0.1) is 10.5 Å². The fraction of sp³-hybridized carbons (Fsp3) is 0. The van der Waals surface area contributed by atoms with E-state index in [1.54, 1.807) is 6.07 Å². The summed E-state index contributed by atoms with van der Waals surface area (Å²) in [6.07, 6.45) is 0.707. The summed E-state index contributed by atoms with van der Waals surface area (Å²) in [5.74, 6) is -1.27. The number of hydrogen-bond donors (Lipinski definition) is 1. The average molecular weight is 258 g/mol. The van der Waals surface area contributed by atoms with E-state index in [2.05, 4.69) is 0 Å². The van der Waals surface area contributed by atoms with Gasteiger partial charge in [0.2, 0.25) is 0 Å². The number of carbonyl (C=O) groups is 1. The number of hydrogen-bond acceptors (Lipinski definition) is 4. The smallest absolute Gasteiger partial charge is 1.00 e. The molecular formula is C10H7KN2O4. The molecule has 0 unspecified atom stereocenters. The molecule has 0 radical (unpaired) electrons. The van der Waals surface area contributed by atoms with Crippen LogP contribution < -0.4 is 51.4 Å². The second kappa shape index (κ2) is 7.31. The van der Waals surface area contributed by atoms with E-state index in [1.807, 2.05) is 0 Å². The fourth-order valence-corrected chi connectivity index (χ4v) is 1.09. The van der Waals surface area contributed by atoms with Gasteiger partial charge in [0.15, 0.2) is 0 Å². The number of nitro groups is 1. The van der Waals surface area contributed by atoms with Gasteiger partial charge in [0.1, 0.15) is 6.07 Å². The Balaban J connectivity index is 0. The minimum absolute atomic E-state index is 0. The van der Waals surface area contributed by atoms with Gasteiger partial charge >= 0.3 is 57.4 Å². The maximum absolute atomic E-state index is 10.5. The zero-order chi connectivity index (χ0) is 12.1. The molecule has 6 nitrogen and oxygen atoms in total. The Morgan fingerprint density at radius 1 is 1.59 bits per heavy atom. The standard InChI is InChI=1S/C10H6N2O4.K.H/c11-6-8(5-10(13)14)7-2-1-3-9(4-7)12(15)16;;/h1-5H,(H,13,14);;/q;+1;-1/b8-5-;;. The molecule has 0 saturated carbocycles. The molecule has 0 aliphatic heterocycles. The summed E-state index contributed by atoms with van der Waals surface area (Å²) in [6, 6.07) is 6.91. The van der Waals surface area contributed by atoms with E-state index in [1.165, 1.54) is 18.2 Å². The second-order valence-electron chi connectivity index (χ2n) is 2.82. The third-order valence-electron chi connectivity index (χ3n) is 1.76. The number of nitro benzene ring substituents is 1. The van der Waals surface area contributed by atoms with Crippen molar-refractivity contribution in [3.8, 4) is 6.07 Å². The molecule has 0 aromatic heterocycles. The van der Waals surface area contributed by atoms with Crippen LogP contribution in [-0.2, 0) is 4.79 Å². The van der Waals surface area contributed by atoms with Gasteiger partial charge in [-0.25, -0.2) is 4.79 Å². The van der Waals surface area contributed by atoms with E-state index in [4.69, 9.17) is 10.4 Å². The van der Waals surface area contributed by atoms with Crippen molar-refractivity contribution in [3.63, 3.8) is 0 Å². The largest absolute Gasteiger partial charge is 1.00 e. The van der Waals surface area contributed by atoms with Crippen LogP contribution >= 0.6 is 0 Å². The van der Waals surface area contributed by atoms with Crippen LogP contribution in [0, 0.1) is 21.4 Å². The van der Waals surface area contributed by atoms with Crippen LogP contribution in [0.3, 0.4) is 0 Å². The van der Waals surface area contributed by atoms with Gasteiger partial charge in [-0.3, -0.25) is 10.1 Å². The predicted octanol–water partition coefficient (Wildman–Crippen LogP) is -1.30. The monoisotopic (exact) mass is 258 g/mol. The molecule has 0 aliphatic carbocycles. The van der Waals surface area contributed by atoms with E-state index in [-0.39, 0.29) is 69.6 Å². The number of carboxylic acids is 1. The number of nitriles is 1. The molecule has 0 heterocycles. The maximum atomic E-state index is 10.5. The van der Waals surface area contributed by atoms with E-state index in [9.17, 15) is 14.9 Å². The number of nitrogens with zero attached hydrogens (tertiary/aromatic N) is 2. The average Bonchev–Trinajstić information content (AvgIpc) is 2.25. The van der Waals surface area contributed by atoms with Crippen molar-refractivity contribution < 1.29 is 67.6 Å². The summed E-state index contributed by atoms with van der Waals surface area (Å²) in [7, 11) is 0. The Morgan fingerprint density at radius 2 is 2.24 bits per heavy atom. The predicted molar refractivity (Wildman–Crippen MR) is 55.4 cm³/mol. The number of aliphatic carboxylic acids is 1. The van der Waals surface area contributed by atoms with Crippen LogP contribution in [0.2, 0.25) is 0 Å². The number of benzene rings is 1. The third kappa shape index (κ3) is 4.76. The van der Waals surface area contributed by atoms with E-state index >= 15 is 0 Å². The van der Waals surface area contributed by atoms with Crippen molar-refractivity contribution in [2.45, 2.75) is 0 Å². The van der Waals surface area contributed by atoms with Gasteiger partial charge in [0.25, 0.3) is 5.69 Å². The molecule has 1 aromatic rings. The zero-order valence-electron chi connectivity index (χ0n) is 9.95. The van der Waals surface area contributed by atoms with Gasteiger partial charge in [-0.05, 0) is 5.56 Å². The molecule has 0 saturated heterocycles. The first-order valence-corrected chi connectivity index (χ1v) is 4.14. The minimum atomic E-state index is -1.27. The van der Waals surface area contributed by atoms with Crippen molar-refractivity contribution in [2.75, 3.05) is 0 Å². The number of carboxylic acid groups (broad SMARTS) is 1. The van der Waals surface area contributed by atoms with Crippen molar-refractivity contribution >= 4 is 17.2 Å². The number of rotatable bonds is 3.